The van der Waals surface area contributed by atoms with E-state index in [1.807, 2.05) is 0 Å². The molecule has 2 amide bonds. The molecule has 0 aliphatic heterocycles. The summed E-state index contributed by atoms with van der Waals surface area (Å²) in [6.07, 6.45) is 3.14. The Bertz CT molecular complexity index is 1150. The first-order valence-corrected chi connectivity index (χ1v) is 12.9. The quantitative estimate of drug-likeness (QED) is 0.387. The van der Waals surface area contributed by atoms with Gasteiger partial charge in [0.05, 0.1) is 16.7 Å². The SMILES string of the molecule is C[C@H](N)C(=O)NCC1(O)C2CC[C@H]1CC(Sc1cc(C(=O)Nc3cc(F)c(F)c(F)c3)ccc1Cl)C2. The molecule has 2 saturated carbocycles. The molecule has 0 spiro atoms. The van der Waals surface area contributed by atoms with Crippen LogP contribution in [0.5, 0.6) is 0 Å². The molecule has 5 atom stereocenters. The third-order valence-corrected chi connectivity index (χ3v) is 8.81. The van der Waals surface area contributed by atoms with E-state index >= 15 is 0 Å². The molecule has 0 saturated heterocycles. The van der Waals surface area contributed by atoms with Gasteiger partial charge >= 0.3 is 0 Å². The Morgan fingerprint density at radius 1 is 1.17 bits per heavy atom. The van der Waals surface area contributed by atoms with E-state index in [9.17, 15) is 27.9 Å². The third-order valence-electron chi connectivity index (χ3n) is 7.06. The molecular formula is C25H27ClF3N3O3S. The topological polar surface area (TPSA) is 104 Å². The van der Waals surface area contributed by atoms with Crippen molar-refractivity contribution in [1.82, 2.24) is 5.32 Å². The number of thioether (sulfide) groups is 1. The van der Waals surface area contributed by atoms with Crippen molar-refractivity contribution >= 4 is 40.9 Å². The summed E-state index contributed by atoms with van der Waals surface area (Å²) in [5.41, 5.74) is 4.65. The number of benzene rings is 2. The van der Waals surface area contributed by atoms with Crippen molar-refractivity contribution in [3.63, 3.8) is 0 Å². The minimum atomic E-state index is -1.61. The van der Waals surface area contributed by atoms with Crippen molar-refractivity contribution in [2.75, 3.05) is 11.9 Å². The highest BCUT2D eigenvalue weighted by molar-refractivity contribution is 8.00. The number of fused-ring (bicyclic) bond motifs is 2. The summed E-state index contributed by atoms with van der Waals surface area (Å²) in [5.74, 6) is -5.31. The number of amides is 2. The Hall–Kier alpha value is -2.27. The van der Waals surface area contributed by atoms with Crippen molar-refractivity contribution < 1.29 is 27.9 Å². The van der Waals surface area contributed by atoms with Gasteiger partial charge in [0.2, 0.25) is 5.91 Å². The maximum atomic E-state index is 13.5. The maximum absolute atomic E-state index is 13.5. The lowest BCUT2D eigenvalue weighted by atomic mass is 9.74. The average molecular weight is 542 g/mol. The number of aliphatic hydroxyl groups is 1. The van der Waals surface area contributed by atoms with E-state index in [0.717, 1.165) is 12.8 Å². The van der Waals surface area contributed by atoms with Crippen molar-refractivity contribution in [3.8, 4) is 0 Å². The zero-order valence-electron chi connectivity index (χ0n) is 19.5. The van der Waals surface area contributed by atoms with Crippen LogP contribution in [0.25, 0.3) is 0 Å². The molecule has 0 radical (unpaired) electrons. The lowest BCUT2D eigenvalue weighted by Gasteiger charge is -2.42. The lowest BCUT2D eigenvalue weighted by molar-refractivity contribution is -0.125. The van der Waals surface area contributed by atoms with E-state index in [-0.39, 0.29) is 40.8 Å². The van der Waals surface area contributed by atoms with Crippen LogP contribution in [-0.2, 0) is 4.79 Å². The third kappa shape index (κ3) is 5.51. The minimum absolute atomic E-state index is 0.00987. The highest BCUT2D eigenvalue weighted by atomic mass is 35.5. The molecule has 6 nitrogen and oxygen atoms in total. The van der Waals surface area contributed by atoms with Crippen LogP contribution in [0.1, 0.15) is 43.0 Å². The van der Waals surface area contributed by atoms with Crippen molar-refractivity contribution in [2.24, 2.45) is 17.6 Å². The first-order chi connectivity index (χ1) is 17.0. The fourth-order valence-electron chi connectivity index (χ4n) is 5.13. The van der Waals surface area contributed by atoms with Gasteiger partial charge in [-0.05, 0) is 62.6 Å². The van der Waals surface area contributed by atoms with Crippen LogP contribution in [0, 0.1) is 29.3 Å². The molecule has 11 heteroatoms. The number of rotatable bonds is 7. The fourth-order valence-corrected chi connectivity index (χ4v) is 6.77. The number of carbonyl (C=O) groups excluding carboxylic acids is 2. The lowest BCUT2D eigenvalue weighted by Crippen LogP contribution is -2.55. The van der Waals surface area contributed by atoms with Gasteiger partial charge in [-0.25, -0.2) is 13.2 Å². The second kappa shape index (κ2) is 10.6. The highest BCUT2D eigenvalue weighted by Crippen LogP contribution is 2.53. The average Bonchev–Trinajstić information content (AvgIpc) is 2.97. The van der Waals surface area contributed by atoms with Crippen molar-refractivity contribution in [1.29, 1.82) is 0 Å². The number of halogens is 4. The first-order valence-electron chi connectivity index (χ1n) is 11.7. The molecule has 2 aromatic rings. The Morgan fingerprint density at radius 3 is 2.36 bits per heavy atom. The van der Waals surface area contributed by atoms with Crippen molar-refractivity contribution in [2.45, 2.75) is 54.4 Å². The number of hydrogen-bond donors (Lipinski definition) is 4. The molecule has 2 fully saturated rings. The molecule has 4 rings (SSSR count). The molecule has 0 aromatic heterocycles. The largest absolute Gasteiger partial charge is 0.387 e. The summed E-state index contributed by atoms with van der Waals surface area (Å²) in [6.45, 7) is 1.76. The van der Waals surface area contributed by atoms with Crippen LogP contribution in [-0.4, -0.2) is 40.4 Å². The second-order valence-corrected chi connectivity index (χ2v) is 11.3. The zero-order chi connectivity index (χ0) is 26.2. The molecular weight excluding hydrogens is 515 g/mol. The van der Waals surface area contributed by atoms with Gasteiger partial charge in [-0.1, -0.05) is 11.6 Å². The number of anilines is 1. The standard InChI is InChI=1S/C25H27ClF3N3O3S/c1-12(30)23(33)31-11-25(35)14-3-4-15(25)8-17(7-14)36-21-6-13(2-5-18(21)26)24(34)32-16-9-19(27)22(29)20(28)10-16/h2,5-6,9-10,12,14-15,17,35H,3-4,7-8,11,30H2,1H3,(H,31,33)(H,32,34)/t12-,14-,15?,17?,25?/m0/s1. The predicted octanol–water partition coefficient (Wildman–Crippen LogP) is 4.48. The van der Waals surface area contributed by atoms with Crippen LogP contribution >= 0.6 is 23.4 Å². The van der Waals surface area contributed by atoms with Crippen LogP contribution in [0.15, 0.2) is 35.2 Å². The van der Waals surface area contributed by atoms with Gasteiger partial charge in [0.1, 0.15) is 0 Å². The summed E-state index contributed by atoms with van der Waals surface area (Å²) in [6, 6.07) is 5.43. The van der Waals surface area contributed by atoms with E-state index in [1.54, 1.807) is 19.1 Å². The minimum Gasteiger partial charge on any atom is -0.387 e. The monoisotopic (exact) mass is 541 g/mol. The predicted molar refractivity (Wildman–Crippen MR) is 132 cm³/mol. The Labute approximate surface area is 216 Å². The molecule has 36 heavy (non-hydrogen) atoms. The summed E-state index contributed by atoms with van der Waals surface area (Å²) in [7, 11) is 0. The van der Waals surface area contributed by atoms with Gasteiger partial charge in [0.15, 0.2) is 17.5 Å². The van der Waals surface area contributed by atoms with Crippen LogP contribution < -0.4 is 16.4 Å². The smallest absolute Gasteiger partial charge is 0.255 e. The number of nitrogens with two attached hydrogens (primary N) is 1. The van der Waals surface area contributed by atoms with Gasteiger partial charge in [-0.3, -0.25) is 9.59 Å². The number of nitrogens with one attached hydrogen (secondary N) is 2. The van der Waals surface area contributed by atoms with Gasteiger partial charge in [-0.2, -0.15) is 0 Å². The number of hydrogen-bond acceptors (Lipinski definition) is 5. The van der Waals surface area contributed by atoms with Crippen LogP contribution in [0.2, 0.25) is 5.02 Å². The summed E-state index contributed by atoms with van der Waals surface area (Å²) >= 11 is 7.91. The highest BCUT2D eigenvalue weighted by Gasteiger charge is 2.53. The fraction of sp³-hybridized carbons (Fsp3) is 0.440. The van der Waals surface area contributed by atoms with E-state index in [1.165, 1.54) is 17.8 Å². The second-order valence-electron chi connectivity index (χ2n) is 9.53. The van der Waals surface area contributed by atoms with Gasteiger partial charge in [-0.15, -0.1) is 11.8 Å². The van der Waals surface area contributed by atoms with E-state index in [4.69, 9.17) is 17.3 Å². The summed E-state index contributed by atoms with van der Waals surface area (Å²) in [4.78, 5) is 25.2. The summed E-state index contributed by atoms with van der Waals surface area (Å²) < 4.78 is 40.2. The Morgan fingerprint density at radius 2 is 1.78 bits per heavy atom. The van der Waals surface area contributed by atoms with Crippen molar-refractivity contribution in [3.05, 3.63) is 58.4 Å². The molecule has 194 valence electrons. The summed E-state index contributed by atoms with van der Waals surface area (Å²) in [5, 5.41) is 17.1. The molecule has 2 aliphatic rings. The van der Waals surface area contributed by atoms with Crippen LogP contribution in [0.4, 0.5) is 18.9 Å². The van der Waals surface area contributed by atoms with Gasteiger partial charge in [0, 0.05) is 40.1 Å². The van der Waals surface area contributed by atoms with E-state index in [2.05, 4.69) is 10.6 Å². The van der Waals surface area contributed by atoms with E-state index in [0.29, 0.717) is 34.9 Å². The Balaban J connectivity index is 1.43. The molecule has 2 bridgehead atoms. The maximum Gasteiger partial charge on any atom is 0.255 e. The van der Waals surface area contributed by atoms with Gasteiger partial charge < -0.3 is 21.5 Å². The molecule has 0 heterocycles. The molecule has 5 N–H and O–H groups in total. The number of carbonyl (C=O) groups is 2. The van der Waals surface area contributed by atoms with E-state index < -0.39 is 35.0 Å². The Kier molecular flexibility index (Phi) is 7.89. The normalized spacial score (nSPS) is 25.9. The molecule has 2 aromatic carbocycles. The van der Waals surface area contributed by atoms with Crippen LogP contribution in [0.3, 0.4) is 0 Å². The first kappa shape index (κ1) is 26.8. The zero-order valence-corrected chi connectivity index (χ0v) is 21.1. The molecule has 3 unspecified atom stereocenters. The molecule has 2 aliphatic carbocycles. The van der Waals surface area contributed by atoms with Gasteiger partial charge in [0.25, 0.3) is 5.91 Å².